The van der Waals surface area contributed by atoms with Crippen molar-refractivity contribution in [1.29, 1.82) is 0 Å². The van der Waals surface area contributed by atoms with E-state index in [1.165, 1.54) is 0 Å². The molecular formula is C12H24N2O2. The second-order valence-corrected chi connectivity index (χ2v) is 5.05. The van der Waals surface area contributed by atoms with Crippen LogP contribution >= 0.6 is 0 Å². The number of hydrogen-bond acceptors (Lipinski definition) is 4. The summed E-state index contributed by atoms with van der Waals surface area (Å²) in [6, 6.07) is 0.353. The van der Waals surface area contributed by atoms with Gasteiger partial charge in [-0.2, -0.15) is 0 Å². The zero-order valence-electron chi connectivity index (χ0n) is 10.4. The molecular weight excluding hydrogens is 204 g/mol. The second kappa shape index (κ2) is 5.45. The summed E-state index contributed by atoms with van der Waals surface area (Å²) in [5.41, 5.74) is 0.0123. The Morgan fingerprint density at radius 2 is 2.06 bits per heavy atom. The van der Waals surface area contributed by atoms with Crippen LogP contribution in [0.25, 0.3) is 0 Å². The van der Waals surface area contributed by atoms with E-state index in [-0.39, 0.29) is 5.60 Å². The van der Waals surface area contributed by atoms with Gasteiger partial charge in [-0.05, 0) is 39.8 Å². The third kappa shape index (κ3) is 2.74. The van der Waals surface area contributed by atoms with Gasteiger partial charge in [0, 0.05) is 6.54 Å². The monoisotopic (exact) mass is 228 g/mol. The van der Waals surface area contributed by atoms with Crippen LogP contribution in [0.4, 0.5) is 0 Å². The Balaban J connectivity index is 1.95. The first kappa shape index (κ1) is 12.3. The van der Waals surface area contributed by atoms with E-state index in [4.69, 9.17) is 9.47 Å². The topological polar surface area (TPSA) is 42.5 Å². The number of ether oxygens (including phenoxy) is 2. The van der Waals surface area contributed by atoms with Gasteiger partial charge in [0.05, 0.1) is 31.0 Å². The van der Waals surface area contributed by atoms with E-state index in [1.54, 1.807) is 0 Å². The van der Waals surface area contributed by atoms with E-state index >= 15 is 0 Å². The van der Waals surface area contributed by atoms with Crippen molar-refractivity contribution in [3.8, 4) is 0 Å². The van der Waals surface area contributed by atoms with E-state index in [0.717, 1.165) is 45.7 Å². The Hall–Kier alpha value is -0.160. The van der Waals surface area contributed by atoms with Gasteiger partial charge in [0.15, 0.2) is 0 Å². The first-order valence-electron chi connectivity index (χ1n) is 6.43. The highest BCUT2D eigenvalue weighted by Crippen LogP contribution is 2.29. The molecule has 1 spiro atoms. The smallest absolute Gasteiger partial charge is 0.0882 e. The highest BCUT2D eigenvalue weighted by Gasteiger charge is 2.42. The molecule has 2 heterocycles. The summed E-state index contributed by atoms with van der Waals surface area (Å²) in [7, 11) is 0. The molecule has 2 aliphatic rings. The minimum Gasteiger partial charge on any atom is -0.377 e. The maximum absolute atomic E-state index is 6.07. The molecule has 1 unspecified atom stereocenters. The highest BCUT2D eigenvalue weighted by molar-refractivity contribution is 4.98. The fraction of sp³-hybridized carbons (Fsp3) is 1.00. The fourth-order valence-corrected chi connectivity index (χ4v) is 2.62. The summed E-state index contributed by atoms with van der Waals surface area (Å²) < 4.78 is 11.8. The van der Waals surface area contributed by atoms with Crippen LogP contribution in [0.1, 0.15) is 26.7 Å². The molecule has 0 aromatic rings. The van der Waals surface area contributed by atoms with Crippen molar-refractivity contribution >= 4 is 0 Å². The minimum absolute atomic E-state index is 0.0123. The van der Waals surface area contributed by atoms with Crippen molar-refractivity contribution in [3.63, 3.8) is 0 Å². The maximum Gasteiger partial charge on any atom is 0.0882 e. The van der Waals surface area contributed by atoms with Crippen molar-refractivity contribution in [1.82, 2.24) is 10.6 Å². The van der Waals surface area contributed by atoms with Crippen LogP contribution in [-0.2, 0) is 9.47 Å². The van der Waals surface area contributed by atoms with Crippen LogP contribution < -0.4 is 10.6 Å². The van der Waals surface area contributed by atoms with E-state index in [2.05, 4.69) is 24.5 Å². The Kier molecular flexibility index (Phi) is 4.19. The van der Waals surface area contributed by atoms with Gasteiger partial charge in [0.25, 0.3) is 0 Å². The average molecular weight is 228 g/mol. The molecule has 4 heteroatoms. The molecule has 2 fully saturated rings. The van der Waals surface area contributed by atoms with Crippen molar-refractivity contribution in [3.05, 3.63) is 0 Å². The molecule has 2 rings (SSSR count). The van der Waals surface area contributed by atoms with E-state index in [0.29, 0.717) is 12.1 Å². The second-order valence-electron chi connectivity index (χ2n) is 5.05. The molecule has 16 heavy (non-hydrogen) atoms. The Morgan fingerprint density at radius 1 is 1.31 bits per heavy atom. The van der Waals surface area contributed by atoms with Gasteiger partial charge in [-0.25, -0.2) is 0 Å². The number of rotatable bonds is 3. The predicted molar refractivity (Wildman–Crippen MR) is 63.7 cm³/mol. The first-order chi connectivity index (χ1) is 7.73. The summed E-state index contributed by atoms with van der Waals surface area (Å²) in [5, 5.41) is 6.95. The highest BCUT2D eigenvalue weighted by atomic mass is 16.5. The molecule has 1 atom stereocenters. The lowest BCUT2D eigenvalue weighted by atomic mass is 9.84. The van der Waals surface area contributed by atoms with Crippen LogP contribution in [0, 0.1) is 0 Å². The van der Waals surface area contributed by atoms with Crippen LogP contribution in [0.3, 0.4) is 0 Å². The van der Waals surface area contributed by atoms with Gasteiger partial charge in [0.1, 0.15) is 0 Å². The van der Waals surface area contributed by atoms with E-state index in [1.807, 2.05) is 0 Å². The lowest BCUT2D eigenvalue weighted by molar-refractivity contribution is -0.132. The van der Waals surface area contributed by atoms with Gasteiger partial charge in [-0.3, -0.25) is 0 Å². The summed E-state index contributed by atoms with van der Waals surface area (Å²) in [5.74, 6) is 0. The van der Waals surface area contributed by atoms with E-state index < -0.39 is 0 Å². The lowest BCUT2D eigenvalue weighted by Crippen LogP contribution is -2.63. The molecule has 0 amide bonds. The molecule has 0 aromatic heterocycles. The molecule has 4 nitrogen and oxygen atoms in total. The zero-order chi connectivity index (χ0) is 11.4. The number of piperidine rings is 1. The first-order valence-corrected chi connectivity index (χ1v) is 6.43. The normalized spacial score (nSPS) is 29.8. The van der Waals surface area contributed by atoms with Crippen molar-refractivity contribution in [2.75, 3.05) is 32.8 Å². The number of hydrogen-bond donors (Lipinski definition) is 2. The summed E-state index contributed by atoms with van der Waals surface area (Å²) in [6.45, 7) is 8.81. The van der Waals surface area contributed by atoms with Gasteiger partial charge in [-0.1, -0.05) is 0 Å². The lowest BCUT2D eigenvalue weighted by Gasteiger charge is -2.47. The summed E-state index contributed by atoms with van der Waals surface area (Å²) in [4.78, 5) is 0. The van der Waals surface area contributed by atoms with Gasteiger partial charge >= 0.3 is 0 Å². The molecule has 0 bridgehead atoms. The largest absolute Gasteiger partial charge is 0.377 e. The molecule has 0 saturated carbocycles. The Morgan fingerprint density at radius 3 is 2.75 bits per heavy atom. The minimum atomic E-state index is 0.0123. The summed E-state index contributed by atoms with van der Waals surface area (Å²) in [6.07, 6.45) is 2.47. The molecule has 0 aromatic carbocycles. The third-order valence-electron chi connectivity index (χ3n) is 3.56. The molecule has 94 valence electrons. The Bertz CT molecular complexity index is 207. The fourth-order valence-electron chi connectivity index (χ4n) is 2.62. The molecule has 2 N–H and O–H groups in total. The maximum atomic E-state index is 6.07. The SMILES string of the molecule is CC(C)OCC1NCCOC12CCNCC2. The number of nitrogens with one attached hydrogen (secondary N) is 2. The van der Waals surface area contributed by atoms with Gasteiger partial charge in [-0.15, -0.1) is 0 Å². The van der Waals surface area contributed by atoms with Crippen LogP contribution in [-0.4, -0.2) is 50.6 Å². The predicted octanol–water partition coefficient (Wildman–Crippen LogP) is 0.522. The average Bonchev–Trinajstić information content (AvgIpc) is 2.29. The summed E-state index contributed by atoms with van der Waals surface area (Å²) >= 11 is 0. The van der Waals surface area contributed by atoms with Gasteiger partial charge < -0.3 is 20.1 Å². The van der Waals surface area contributed by atoms with Crippen molar-refractivity contribution in [2.24, 2.45) is 0 Å². The third-order valence-corrected chi connectivity index (χ3v) is 3.56. The van der Waals surface area contributed by atoms with Crippen LogP contribution in [0.5, 0.6) is 0 Å². The molecule has 0 radical (unpaired) electrons. The number of morpholine rings is 1. The zero-order valence-corrected chi connectivity index (χ0v) is 10.4. The van der Waals surface area contributed by atoms with Gasteiger partial charge in [0.2, 0.25) is 0 Å². The van der Waals surface area contributed by atoms with Crippen LogP contribution in [0.15, 0.2) is 0 Å². The van der Waals surface area contributed by atoms with Crippen LogP contribution in [0.2, 0.25) is 0 Å². The van der Waals surface area contributed by atoms with Crippen molar-refractivity contribution < 1.29 is 9.47 Å². The molecule has 0 aliphatic carbocycles. The Labute approximate surface area is 98.1 Å². The quantitative estimate of drug-likeness (QED) is 0.739. The molecule has 2 aliphatic heterocycles. The standard InChI is InChI=1S/C12H24N2O2/c1-10(2)15-9-11-12(16-8-7-14-11)3-5-13-6-4-12/h10-11,13-14H,3-9H2,1-2H3. The molecule has 2 saturated heterocycles. The van der Waals surface area contributed by atoms with Crippen molar-refractivity contribution in [2.45, 2.75) is 44.4 Å². The van der Waals surface area contributed by atoms with E-state index in [9.17, 15) is 0 Å².